The first-order chi connectivity index (χ1) is 11.5. The van der Waals surface area contributed by atoms with Crippen molar-refractivity contribution in [2.24, 2.45) is 0 Å². The molecule has 0 saturated carbocycles. The van der Waals surface area contributed by atoms with E-state index in [1.165, 1.54) is 30.3 Å². The number of ether oxygens (including phenoxy) is 2. The number of carbonyl (C=O) groups is 1. The highest BCUT2D eigenvalue weighted by atomic mass is 19.3. The van der Waals surface area contributed by atoms with Crippen LogP contribution in [0, 0.1) is 6.92 Å². The van der Waals surface area contributed by atoms with Crippen molar-refractivity contribution in [3.05, 3.63) is 59.7 Å². The average molecular weight is 333 g/mol. The van der Waals surface area contributed by atoms with Crippen LogP contribution in [0.3, 0.4) is 0 Å². The number of hydrogen-bond donors (Lipinski definition) is 1. The zero-order valence-electron chi connectivity index (χ0n) is 13.3. The first kappa shape index (κ1) is 17.5. The van der Waals surface area contributed by atoms with E-state index in [9.17, 15) is 13.6 Å². The van der Waals surface area contributed by atoms with Crippen molar-refractivity contribution >= 4 is 17.7 Å². The van der Waals surface area contributed by atoms with Crippen LogP contribution in [0.25, 0.3) is 6.08 Å². The lowest BCUT2D eigenvalue weighted by atomic mass is 10.1. The molecule has 6 heteroatoms. The minimum absolute atomic E-state index is 0.0306. The molecule has 0 radical (unpaired) electrons. The monoisotopic (exact) mass is 333 g/mol. The van der Waals surface area contributed by atoms with Gasteiger partial charge in [-0.1, -0.05) is 11.6 Å². The van der Waals surface area contributed by atoms with Gasteiger partial charge in [-0.3, -0.25) is 4.79 Å². The van der Waals surface area contributed by atoms with Crippen LogP contribution in [-0.4, -0.2) is 19.6 Å². The van der Waals surface area contributed by atoms with Gasteiger partial charge in [0.2, 0.25) is 5.91 Å². The first-order valence-electron chi connectivity index (χ1n) is 7.16. The molecular weight excluding hydrogens is 316 g/mol. The second-order valence-corrected chi connectivity index (χ2v) is 4.97. The van der Waals surface area contributed by atoms with Crippen molar-refractivity contribution in [3.8, 4) is 11.5 Å². The van der Waals surface area contributed by atoms with Gasteiger partial charge in [-0.15, -0.1) is 0 Å². The Balaban J connectivity index is 2.01. The van der Waals surface area contributed by atoms with E-state index < -0.39 is 6.61 Å². The lowest BCUT2D eigenvalue weighted by Crippen LogP contribution is -2.08. The molecule has 24 heavy (non-hydrogen) atoms. The number of methoxy groups -OCH3 is 1. The fourth-order valence-corrected chi connectivity index (χ4v) is 2.05. The molecule has 0 spiro atoms. The topological polar surface area (TPSA) is 47.6 Å². The molecule has 2 rings (SSSR count). The second-order valence-electron chi connectivity index (χ2n) is 4.97. The predicted molar refractivity (Wildman–Crippen MR) is 88.5 cm³/mol. The fourth-order valence-electron chi connectivity index (χ4n) is 2.05. The van der Waals surface area contributed by atoms with Gasteiger partial charge in [-0.05, 0) is 49.4 Å². The highest BCUT2D eigenvalue weighted by molar-refractivity contribution is 6.02. The SMILES string of the molecule is COc1ccc(C)cc1/C=C/C(=O)Nc1ccc(OC(F)F)cc1. The highest BCUT2D eigenvalue weighted by Crippen LogP contribution is 2.21. The summed E-state index contributed by atoms with van der Waals surface area (Å²) in [7, 11) is 1.56. The number of halogens is 2. The van der Waals surface area contributed by atoms with Crippen LogP contribution >= 0.6 is 0 Å². The quantitative estimate of drug-likeness (QED) is 0.804. The lowest BCUT2D eigenvalue weighted by molar-refractivity contribution is -0.111. The molecule has 4 nitrogen and oxygen atoms in total. The van der Waals surface area contributed by atoms with E-state index in [-0.39, 0.29) is 11.7 Å². The van der Waals surface area contributed by atoms with Crippen LogP contribution in [0.5, 0.6) is 11.5 Å². The van der Waals surface area contributed by atoms with Crippen molar-refractivity contribution in [3.63, 3.8) is 0 Å². The summed E-state index contributed by atoms with van der Waals surface area (Å²) in [4.78, 5) is 11.9. The second kappa shape index (κ2) is 8.10. The minimum atomic E-state index is -2.88. The predicted octanol–water partition coefficient (Wildman–Crippen LogP) is 4.26. The minimum Gasteiger partial charge on any atom is -0.496 e. The normalized spacial score (nSPS) is 10.9. The average Bonchev–Trinajstić information content (AvgIpc) is 2.54. The summed E-state index contributed by atoms with van der Waals surface area (Å²) in [5, 5.41) is 2.64. The van der Waals surface area contributed by atoms with Crippen LogP contribution in [0.1, 0.15) is 11.1 Å². The number of rotatable bonds is 6. The Morgan fingerprint density at radius 3 is 2.50 bits per heavy atom. The van der Waals surface area contributed by atoms with Gasteiger partial charge in [0.15, 0.2) is 0 Å². The van der Waals surface area contributed by atoms with Crippen LogP contribution in [0.15, 0.2) is 48.5 Å². The number of hydrogen-bond acceptors (Lipinski definition) is 3. The first-order valence-corrected chi connectivity index (χ1v) is 7.16. The van der Waals surface area contributed by atoms with Crippen LogP contribution in [0.2, 0.25) is 0 Å². The van der Waals surface area contributed by atoms with E-state index >= 15 is 0 Å². The number of aryl methyl sites for hydroxylation is 1. The Hall–Kier alpha value is -2.89. The van der Waals surface area contributed by atoms with Gasteiger partial charge in [-0.25, -0.2) is 0 Å². The number of benzene rings is 2. The molecule has 126 valence electrons. The smallest absolute Gasteiger partial charge is 0.387 e. The molecule has 0 saturated heterocycles. The molecule has 0 atom stereocenters. The van der Waals surface area contributed by atoms with Crippen molar-refractivity contribution < 1.29 is 23.0 Å². The zero-order chi connectivity index (χ0) is 17.5. The van der Waals surface area contributed by atoms with Gasteiger partial charge in [0.1, 0.15) is 11.5 Å². The Bertz CT molecular complexity index is 728. The molecule has 0 bridgehead atoms. The van der Waals surface area contributed by atoms with E-state index in [0.29, 0.717) is 11.4 Å². The molecular formula is C18H17F2NO3. The van der Waals surface area contributed by atoms with Gasteiger partial charge in [-0.2, -0.15) is 8.78 Å². The molecule has 1 amide bonds. The zero-order valence-corrected chi connectivity index (χ0v) is 13.3. The van der Waals surface area contributed by atoms with Crippen LogP contribution in [-0.2, 0) is 4.79 Å². The van der Waals surface area contributed by atoms with Gasteiger partial charge in [0, 0.05) is 17.3 Å². The number of anilines is 1. The third-order valence-corrected chi connectivity index (χ3v) is 3.15. The molecule has 0 aliphatic carbocycles. The summed E-state index contributed by atoms with van der Waals surface area (Å²) in [5.41, 5.74) is 2.31. The Morgan fingerprint density at radius 2 is 1.88 bits per heavy atom. The maximum atomic E-state index is 12.1. The summed E-state index contributed by atoms with van der Waals surface area (Å²) in [6.07, 6.45) is 3.02. The summed E-state index contributed by atoms with van der Waals surface area (Å²) < 4.78 is 33.6. The largest absolute Gasteiger partial charge is 0.496 e. The summed E-state index contributed by atoms with van der Waals surface area (Å²) in [6.45, 7) is -0.933. The van der Waals surface area contributed by atoms with E-state index in [1.54, 1.807) is 13.2 Å². The third-order valence-electron chi connectivity index (χ3n) is 3.15. The molecule has 0 unspecified atom stereocenters. The Labute approximate surface area is 138 Å². The molecule has 0 aliphatic heterocycles. The summed E-state index contributed by atoms with van der Waals surface area (Å²) in [6, 6.07) is 11.3. The Morgan fingerprint density at radius 1 is 1.17 bits per heavy atom. The highest BCUT2D eigenvalue weighted by Gasteiger charge is 2.05. The molecule has 0 aromatic heterocycles. The lowest BCUT2D eigenvalue weighted by Gasteiger charge is -2.07. The molecule has 0 fully saturated rings. The van der Waals surface area contributed by atoms with Crippen molar-refractivity contribution in [2.75, 3.05) is 12.4 Å². The molecule has 0 heterocycles. The molecule has 2 aromatic rings. The van der Waals surface area contributed by atoms with E-state index in [4.69, 9.17) is 4.74 Å². The maximum absolute atomic E-state index is 12.1. The van der Waals surface area contributed by atoms with Gasteiger partial charge in [0.25, 0.3) is 0 Å². The van der Waals surface area contributed by atoms with Gasteiger partial charge < -0.3 is 14.8 Å². The van der Waals surface area contributed by atoms with Gasteiger partial charge >= 0.3 is 6.61 Å². The third kappa shape index (κ3) is 5.08. The van der Waals surface area contributed by atoms with Crippen molar-refractivity contribution in [2.45, 2.75) is 13.5 Å². The van der Waals surface area contributed by atoms with E-state index in [0.717, 1.165) is 11.1 Å². The number of nitrogens with one attached hydrogen (secondary N) is 1. The summed E-state index contributed by atoms with van der Waals surface area (Å²) in [5.74, 6) is 0.349. The number of carbonyl (C=O) groups excluding carboxylic acids is 1. The standard InChI is InChI=1S/C18H17F2NO3/c1-12-3-9-16(23-2)13(11-12)4-10-17(22)21-14-5-7-15(8-6-14)24-18(19)20/h3-11,18H,1-2H3,(H,21,22)/b10-4+. The maximum Gasteiger partial charge on any atom is 0.387 e. The molecule has 2 aromatic carbocycles. The van der Waals surface area contributed by atoms with Crippen molar-refractivity contribution in [1.29, 1.82) is 0 Å². The van der Waals surface area contributed by atoms with Gasteiger partial charge in [0.05, 0.1) is 7.11 Å². The van der Waals surface area contributed by atoms with E-state index in [1.807, 2.05) is 25.1 Å². The number of alkyl halides is 2. The molecule has 0 aliphatic rings. The van der Waals surface area contributed by atoms with Crippen LogP contribution in [0.4, 0.5) is 14.5 Å². The van der Waals surface area contributed by atoms with Crippen molar-refractivity contribution in [1.82, 2.24) is 0 Å². The fraction of sp³-hybridized carbons (Fsp3) is 0.167. The van der Waals surface area contributed by atoms with E-state index in [2.05, 4.69) is 10.1 Å². The number of amides is 1. The summed E-state index contributed by atoms with van der Waals surface area (Å²) >= 11 is 0. The molecule has 1 N–H and O–H groups in total. The Kier molecular flexibility index (Phi) is 5.89. The van der Waals surface area contributed by atoms with Crippen LogP contribution < -0.4 is 14.8 Å².